The van der Waals surface area contributed by atoms with Crippen molar-refractivity contribution in [3.05, 3.63) is 0 Å². The van der Waals surface area contributed by atoms with Gasteiger partial charge in [0.05, 0.1) is 0 Å². The topological polar surface area (TPSA) is 29.3 Å². The number of hydrogen-bond donors (Lipinski definition) is 1. The molecule has 0 fully saturated rings. The van der Waals surface area contributed by atoms with Gasteiger partial charge in [-0.05, 0) is 38.4 Å². The first-order chi connectivity index (χ1) is 6.26. The van der Waals surface area contributed by atoms with Gasteiger partial charge in [0.15, 0.2) is 0 Å². The average molecular weight is 204 g/mol. The van der Waals surface area contributed by atoms with Crippen LogP contribution in [-0.4, -0.2) is 43.1 Å². The van der Waals surface area contributed by atoms with Crippen LogP contribution in [0.25, 0.3) is 0 Å². The highest BCUT2D eigenvalue weighted by Crippen LogP contribution is 2.06. The van der Waals surface area contributed by atoms with Crippen molar-refractivity contribution in [2.45, 2.75) is 32.2 Å². The van der Waals surface area contributed by atoms with E-state index in [1.165, 1.54) is 31.6 Å². The predicted molar refractivity (Wildman–Crippen MR) is 63.4 cm³/mol. The highest BCUT2D eigenvalue weighted by molar-refractivity contribution is 7.98. The van der Waals surface area contributed by atoms with Crippen LogP contribution in [0.4, 0.5) is 0 Å². The van der Waals surface area contributed by atoms with Crippen molar-refractivity contribution < 1.29 is 0 Å². The zero-order valence-electron chi connectivity index (χ0n) is 9.25. The van der Waals surface area contributed by atoms with Gasteiger partial charge in [0.1, 0.15) is 0 Å². The Kier molecular flexibility index (Phi) is 9.03. The first-order valence-corrected chi connectivity index (χ1v) is 6.54. The van der Waals surface area contributed by atoms with Crippen molar-refractivity contribution in [3.63, 3.8) is 0 Å². The van der Waals surface area contributed by atoms with Crippen LogP contribution < -0.4 is 5.73 Å². The van der Waals surface area contributed by atoms with Gasteiger partial charge in [0.25, 0.3) is 0 Å². The van der Waals surface area contributed by atoms with Gasteiger partial charge in [-0.1, -0.05) is 13.3 Å². The Balaban J connectivity index is 3.63. The number of thioether (sulfide) groups is 1. The lowest BCUT2D eigenvalue weighted by molar-refractivity contribution is 0.239. The molecule has 1 atom stereocenters. The summed E-state index contributed by atoms with van der Waals surface area (Å²) in [4.78, 5) is 2.40. The molecule has 0 saturated heterocycles. The molecule has 0 aromatic heterocycles. The van der Waals surface area contributed by atoms with E-state index >= 15 is 0 Å². The predicted octanol–water partition coefficient (Wildman–Crippen LogP) is 1.80. The summed E-state index contributed by atoms with van der Waals surface area (Å²) < 4.78 is 0. The molecule has 0 aliphatic heterocycles. The molecule has 0 spiro atoms. The van der Waals surface area contributed by atoms with Crippen molar-refractivity contribution in [2.75, 3.05) is 32.1 Å². The normalized spacial score (nSPS) is 13.6. The number of nitrogens with two attached hydrogens (primary N) is 1. The molecule has 0 amide bonds. The quantitative estimate of drug-likeness (QED) is 0.654. The highest BCUT2D eigenvalue weighted by Gasteiger charge is 2.11. The van der Waals surface area contributed by atoms with Gasteiger partial charge in [-0.3, -0.25) is 0 Å². The molecular formula is C10H24N2S. The van der Waals surface area contributed by atoms with Crippen LogP contribution in [-0.2, 0) is 0 Å². The maximum Gasteiger partial charge on any atom is 0.0223 e. The minimum absolute atomic E-state index is 0.582. The largest absolute Gasteiger partial charge is 0.329 e. The van der Waals surface area contributed by atoms with Gasteiger partial charge < -0.3 is 10.6 Å². The minimum Gasteiger partial charge on any atom is -0.329 e. The lowest BCUT2D eigenvalue weighted by Crippen LogP contribution is -2.38. The molecule has 80 valence electrons. The number of rotatable bonds is 8. The zero-order valence-corrected chi connectivity index (χ0v) is 10.1. The summed E-state index contributed by atoms with van der Waals surface area (Å²) in [5.41, 5.74) is 5.74. The fraction of sp³-hybridized carbons (Fsp3) is 1.00. The van der Waals surface area contributed by atoms with Crippen molar-refractivity contribution in [1.29, 1.82) is 0 Å². The average Bonchev–Trinajstić information content (AvgIpc) is 2.16. The van der Waals surface area contributed by atoms with Crippen molar-refractivity contribution in [1.82, 2.24) is 4.90 Å². The number of nitrogens with zero attached hydrogens (tertiary/aromatic N) is 1. The van der Waals surface area contributed by atoms with Crippen LogP contribution in [0.1, 0.15) is 26.2 Å². The summed E-state index contributed by atoms with van der Waals surface area (Å²) >= 11 is 1.90. The molecule has 0 saturated carbocycles. The second kappa shape index (κ2) is 8.85. The van der Waals surface area contributed by atoms with E-state index < -0.39 is 0 Å². The first kappa shape index (κ1) is 13.3. The third-order valence-corrected chi connectivity index (χ3v) is 3.06. The van der Waals surface area contributed by atoms with E-state index in [0.29, 0.717) is 6.04 Å². The monoisotopic (exact) mass is 204 g/mol. The van der Waals surface area contributed by atoms with Crippen LogP contribution in [0.2, 0.25) is 0 Å². The summed E-state index contributed by atoms with van der Waals surface area (Å²) in [7, 11) is 2.19. The van der Waals surface area contributed by atoms with E-state index in [1.807, 2.05) is 11.8 Å². The Morgan fingerprint density at radius 1 is 1.46 bits per heavy atom. The summed E-state index contributed by atoms with van der Waals surface area (Å²) in [5, 5.41) is 0. The fourth-order valence-electron chi connectivity index (χ4n) is 1.36. The van der Waals surface area contributed by atoms with Crippen molar-refractivity contribution in [3.8, 4) is 0 Å². The van der Waals surface area contributed by atoms with Crippen LogP contribution in [0, 0.1) is 0 Å². The second-order valence-electron chi connectivity index (χ2n) is 3.51. The van der Waals surface area contributed by atoms with Crippen LogP contribution in [0.15, 0.2) is 0 Å². The minimum atomic E-state index is 0.582. The van der Waals surface area contributed by atoms with E-state index in [9.17, 15) is 0 Å². The number of likely N-dealkylation sites (N-methyl/N-ethyl adjacent to an activating group) is 1. The second-order valence-corrected chi connectivity index (χ2v) is 4.49. The standard InChI is InChI=1S/C10H24N2S/c1-4-5-7-12(2)10(9-11)6-8-13-3/h10H,4-9,11H2,1-3H3. The molecule has 0 aromatic carbocycles. The van der Waals surface area contributed by atoms with E-state index in [2.05, 4.69) is 25.1 Å². The van der Waals surface area contributed by atoms with E-state index in [-0.39, 0.29) is 0 Å². The Bertz CT molecular complexity index is 109. The van der Waals surface area contributed by atoms with Crippen molar-refractivity contribution >= 4 is 11.8 Å². The molecule has 3 heteroatoms. The van der Waals surface area contributed by atoms with Crippen LogP contribution >= 0.6 is 11.8 Å². The summed E-state index contributed by atoms with van der Waals surface area (Å²) in [6.45, 7) is 4.21. The molecule has 13 heavy (non-hydrogen) atoms. The highest BCUT2D eigenvalue weighted by atomic mass is 32.2. The molecule has 0 rings (SSSR count). The molecule has 2 nitrogen and oxygen atoms in total. The third-order valence-electron chi connectivity index (χ3n) is 2.41. The molecule has 0 aliphatic rings. The third kappa shape index (κ3) is 6.36. The van der Waals surface area contributed by atoms with E-state index in [1.54, 1.807) is 0 Å². The summed E-state index contributed by atoms with van der Waals surface area (Å²) in [6, 6.07) is 0.582. The lowest BCUT2D eigenvalue weighted by atomic mass is 10.2. The molecule has 0 radical (unpaired) electrons. The number of hydrogen-bond acceptors (Lipinski definition) is 3. The molecule has 0 aliphatic carbocycles. The summed E-state index contributed by atoms with van der Waals surface area (Å²) in [5.74, 6) is 1.22. The molecule has 1 unspecified atom stereocenters. The van der Waals surface area contributed by atoms with Gasteiger partial charge >= 0.3 is 0 Å². The lowest BCUT2D eigenvalue weighted by Gasteiger charge is -2.26. The Morgan fingerprint density at radius 2 is 2.15 bits per heavy atom. The molecular weight excluding hydrogens is 180 g/mol. The maximum atomic E-state index is 5.74. The molecule has 2 N–H and O–H groups in total. The Hall–Kier alpha value is 0.270. The SMILES string of the molecule is CCCCN(C)C(CN)CCSC. The zero-order chi connectivity index (χ0) is 10.1. The van der Waals surface area contributed by atoms with Gasteiger partial charge in [0.2, 0.25) is 0 Å². The summed E-state index contributed by atoms with van der Waals surface area (Å²) in [6.07, 6.45) is 5.92. The fourth-order valence-corrected chi connectivity index (χ4v) is 1.87. The Morgan fingerprint density at radius 3 is 2.62 bits per heavy atom. The van der Waals surface area contributed by atoms with E-state index in [4.69, 9.17) is 5.73 Å². The molecule has 0 heterocycles. The number of unbranched alkanes of at least 4 members (excludes halogenated alkanes) is 1. The van der Waals surface area contributed by atoms with Gasteiger partial charge in [-0.15, -0.1) is 0 Å². The first-order valence-electron chi connectivity index (χ1n) is 5.15. The van der Waals surface area contributed by atoms with Crippen LogP contribution in [0.5, 0.6) is 0 Å². The maximum absolute atomic E-state index is 5.74. The van der Waals surface area contributed by atoms with Crippen molar-refractivity contribution in [2.24, 2.45) is 5.73 Å². The van der Waals surface area contributed by atoms with E-state index in [0.717, 1.165) is 6.54 Å². The molecule has 0 aromatic rings. The Labute approximate surface area is 87.2 Å². The van der Waals surface area contributed by atoms with Crippen LogP contribution in [0.3, 0.4) is 0 Å². The van der Waals surface area contributed by atoms with Gasteiger partial charge in [0, 0.05) is 12.6 Å². The van der Waals surface area contributed by atoms with Gasteiger partial charge in [-0.25, -0.2) is 0 Å². The molecule has 0 bridgehead atoms. The van der Waals surface area contributed by atoms with Gasteiger partial charge in [-0.2, -0.15) is 11.8 Å². The smallest absolute Gasteiger partial charge is 0.0223 e.